The molecule has 2 aliphatic rings. The van der Waals surface area contributed by atoms with Crippen molar-refractivity contribution in [1.82, 2.24) is 14.6 Å². The molecule has 4 rings (SSSR count). The van der Waals surface area contributed by atoms with Crippen LogP contribution in [0.1, 0.15) is 32.4 Å². The van der Waals surface area contributed by atoms with Crippen LogP contribution in [0.5, 0.6) is 0 Å². The molecule has 0 radical (unpaired) electrons. The largest absolute Gasteiger partial charge is 0.449 e. The molecule has 0 N–H and O–H groups in total. The number of carbonyl (C=O) groups is 3. The third-order valence-corrected chi connectivity index (χ3v) is 5.43. The van der Waals surface area contributed by atoms with Crippen LogP contribution < -0.4 is 9.91 Å². The molecule has 10 heteroatoms. The van der Waals surface area contributed by atoms with Crippen LogP contribution in [0.15, 0.2) is 48.8 Å². The minimum atomic E-state index is -0.516. The fraction of sp³-hybridized carbons (Fsp3) is 0.304. The van der Waals surface area contributed by atoms with Crippen LogP contribution >= 0.6 is 0 Å². The summed E-state index contributed by atoms with van der Waals surface area (Å²) in [7, 11) is 0. The third kappa shape index (κ3) is 4.11. The number of amides is 3. The number of fused-ring (bicyclic) bond motifs is 1. The number of rotatable bonds is 3. The zero-order valence-corrected chi connectivity index (χ0v) is 18.6. The van der Waals surface area contributed by atoms with Gasteiger partial charge in [-0.3, -0.25) is 19.4 Å². The summed E-state index contributed by atoms with van der Waals surface area (Å²) in [6.07, 6.45) is 6.14. The zero-order chi connectivity index (χ0) is 23.7. The highest BCUT2D eigenvalue weighted by Crippen LogP contribution is 2.37. The second-order valence-corrected chi connectivity index (χ2v) is 7.60. The van der Waals surface area contributed by atoms with E-state index in [0.717, 1.165) is 0 Å². The maximum Gasteiger partial charge on any atom is 0.417 e. The Balaban J connectivity index is 1.89. The van der Waals surface area contributed by atoms with Gasteiger partial charge in [0, 0.05) is 44.3 Å². The van der Waals surface area contributed by atoms with Crippen molar-refractivity contribution in [3.8, 4) is 11.3 Å². The highest BCUT2D eigenvalue weighted by atomic mass is 19.1. The number of anilines is 1. The molecular weight excluding hydrogens is 429 g/mol. The maximum absolute atomic E-state index is 14.1. The molecule has 0 saturated heterocycles. The Labute approximate surface area is 190 Å². The minimum absolute atomic E-state index is 0.218. The van der Waals surface area contributed by atoms with Crippen molar-refractivity contribution in [2.24, 2.45) is 0 Å². The fourth-order valence-corrected chi connectivity index (χ4v) is 3.95. The normalized spacial score (nSPS) is 15.6. The van der Waals surface area contributed by atoms with Crippen molar-refractivity contribution in [1.29, 1.82) is 0 Å². The van der Waals surface area contributed by atoms with E-state index in [1.165, 1.54) is 40.8 Å². The molecule has 33 heavy (non-hydrogen) atoms. The smallest absolute Gasteiger partial charge is 0.417 e. The predicted molar refractivity (Wildman–Crippen MR) is 119 cm³/mol. The van der Waals surface area contributed by atoms with Gasteiger partial charge in [-0.05, 0) is 19.1 Å². The predicted octanol–water partition coefficient (Wildman–Crippen LogP) is 3.12. The van der Waals surface area contributed by atoms with E-state index in [1.807, 2.05) is 0 Å². The van der Waals surface area contributed by atoms with Crippen LogP contribution in [-0.2, 0) is 14.3 Å². The van der Waals surface area contributed by atoms with Crippen molar-refractivity contribution in [2.45, 2.75) is 26.7 Å². The zero-order valence-electron chi connectivity index (χ0n) is 18.6. The molecule has 0 atom stereocenters. The molecule has 0 unspecified atom stereocenters. The lowest BCUT2D eigenvalue weighted by molar-refractivity contribution is -0.119. The summed E-state index contributed by atoms with van der Waals surface area (Å²) in [5.41, 5.74) is 1.52. The van der Waals surface area contributed by atoms with Gasteiger partial charge < -0.3 is 4.74 Å². The van der Waals surface area contributed by atoms with E-state index in [-0.39, 0.29) is 30.9 Å². The van der Waals surface area contributed by atoms with Crippen molar-refractivity contribution in [3.63, 3.8) is 0 Å². The first-order chi connectivity index (χ1) is 15.8. The molecule has 172 valence electrons. The van der Waals surface area contributed by atoms with E-state index in [1.54, 1.807) is 48.3 Å². The Morgan fingerprint density at radius 1 is 1.12 bits per heavy atom. The molecule has 2 aliphatic heterocycles. The summed E-state index contributed by atoms with van der Waals surface area (Å²) in [6, 6.07) is 5.99. The summed E-state index contributed by atoms with van der Waals surface area (Å²) in [4.78, 5) is 44.4. The molecule has 0 fully saturated rings. The molecule has 3 heterocycles. The van der Waals surface area contributed by atoms with Gasteiger partial charge in [0.15, 0.2) is 0 Å². The Bertz CT molecular complexity index is 1160. The van der Waals surface area contributed by atoms with Gasteiger partial charge in [-0.25, -0.2) is 23.9 Å². The molecular formula is C23H24FN5O4. The number of imidazole rings is 1. The van der Waals surface area contributed by atoms with Gasteiger partial charge in [-0.2, -0.15) is 0 Å². The lowest BCUT2D eigenvalue weighted by Crippen LogP contribution is -2.52. The van der Waals surface area contributed by atoms with Crippen LogP contribution in [0, 0.1) is 5.82 Å². The van der Waals surface area contributed by atoms with Crippen molar-refractivity contribution in [2.75, 3.05) is 29.6 Å². The van der Waals surface area contributed by atoms with Gasteiger partial charge in [0.05, 0.1) is 24.5 Å². The first-order valence-corrected chi connectivity index (χ1v) is 10.6. The number of ether oxygens (including phenoxy) is 1. The average molecular weight is 453 g/mol. The number of hydrogen-bond acceptors (Lipinski definition) is 5. The summed E-state index contributed by atoms with van der Waals surface area (Å²) < 4.78 is 20.7. The lowest BCUT2D eigenvalue weighted by Gasteiger charge is -2.36. The second-order valence-electron chi connectivity index (χ2n) is 7.60. The number of carbonyl (C=O) groups excluding carboxylic acids is 3. The van der Waals surface area contributed by atoms with Gasteiger partial charge in [-0.15, -0.1) is 0 Å². The van der Waals surface area contributed by atoms with Crippen LogP contribution in [-0.4, -0.2) is 52.2 Å². The highest BCUT2D eigenvalue weighted by Gasteiger charge is 2.35. The minimum Gasteiger partial charge on any atom is -0.449 e. The molecule has 1 aromatic carbocycles. The topological polar surface area (TPSA) is 88.0 Å². The fourth-order valence-electron chi connectivity index (χ4n) is 3.95. The maximum atomic E-state index is 14.1. The third-order valence-electron chi connectivity index (χ3n) is 5.43. The summed E-state index contributed by atoms with van der Waals surface area (Å²) >= 11 is 0. The van der Waals surface area contributed by atoms with E-state index in [2.05, 4.69) is 0 Å². The summed E-state index contributed by atoms with van der Waals surface area (Å²) in [5, 5.41) is 1.51. The average Bonchev–Trinajstić information content (AvgIpc) is 3.19. The van der Waals surface area contributed by atoms with Crippen molar-refractivity contribution >= 4 is 23.9 Å². The molecule has 0 bridgehead atoms. The quantitative estimate of drug-likeness (QED) is 0.713. The molecule has 0 saturated carbocycles. The van der Waals surface area contributed by atoms with E-state index in [9.17, 15) is 18.8 Å². The number of allylic oxidation sites excluding steroid dienone is 2. The van der Waals surface area contributed by atoms with E-state index < -0.39 is 17.8 Å². The standard InChI is InChI=1S/C23H24FN5O4/c1-4-33-23(32)26-10-8-17(9-11-26)21-20(18-6-5-7-19(24)14-18)25-22-27(15(2)30)12-13-28(16(3)31)29(21)22/h5-11,14,17H,4,12-13H2,1-3H3. The Morgan fingerprint density at radius 3 is 2.45 bits per heavy atom. The number of hydrogen-bond donors (Lipinski definition) is 0. The van der Waals surface area contributed by atoms with Crippen LogP contribution in [0.4, 0.5) is 15.1 Å². The Hall–Kier alpha value is -3.95. The van der Waals surface area contributed by atoms with Crippen LogP contribution in [0.25, 0.3) is 11.3 Å². The lowest BCUT2D eigenvalue weighted by atomic mass is 9.98. The van der Waals surface area contributed by atoms with Crippen LogP contribution in [0.2, 0.25) is 0 Å². The van der Waals surface area contributed by atoms with E-state index in [4.69, 9.17) is 9.72 Å². The SMILES string of the molecule is CCOC(=O)N1C=CC(c2c(-c3cccc(F)c3)nc3n2N(C(C)=O)CCN3C(C)=O)C=C1. The first-order valence-electron chi connectivity index (χ1n) is 10.6. The number of aromatic nitrogens is 2. The first kappa shape index (κ1) is 22.3. The Morgan fingerprint density at radius 2 is 1.85 bits per heavy atom. The monoisotopic (exact) mass is 453 g/mol. The van der Waals surface area contributed by atoms with Gasteiger partial charge in [0.1, 0.15) is 5.82 Å². The van der Waals surface area contributed by atoms with Gasteiger partial charge in [0.25, 0.3) is 0 Å². The molecule has 0 spiro atoms. The molecule has 0 aliphatic carbocycles. The van der Waals surface area contributed by atoms with Gasteiger partial charge >= 0.3 is 6.09 Å². The van der Waals surface area contributed by atoms with E-state index >= 15 is 0 Å². The van der Waals surface area contributed by atoms with E-state index in [0.29, 0.717) is 23.5 Å². The molecule has 1 aromatic heterocycles. The highest BCUT2D eigenvalue weighted by molar-refractivity contribution is 5.93. The van der Waals surface area contributed by atoms with Gasteiger partial charge in [-0.1, -0.05) is 24.3 Å². The number of benzene rings is 1. The number of nitrogens with zero attached hydrogens (tertiary/aromatic N) is 5. The molecule has 9 nitrogen and oxygen atoms in total. The summed E-state index contributed by atoms with van der Waals surface area (Å²) in [6.45, 7) is 5.41. The summed E-state index contributed by atoms with van der Waals surface area (Å²) in [5.74, 6) is -0.998. The van der Waals surface area contributed by atoms with Crippen molar-refractivity contribution < 1.29 is 23.5 Å². The molecule has 3 amide bonds. The Kier molecular flexibility index (Phi) is 5.99. The van der Waals surface area contributed by atoms with Crippen LogP contribution in [0.3, 0.4) is 0 Å². The molecule has 2 aromatic rings. The van der Waals surface area contributed by atoms with Crippen molar-refractivity contribution in [3.05, 3.63) is 60.3 Å². The van der Waals surface area contributed by atoms with Gasteiger partial charge in [0.2, 0.25) is 17.8 Å². The second kappa shape index (κ2) is 8.89. The number of halogens is 1.